The van der Waals surface area contributed by atoms with Crippen molar-refractivity contribution in [1.29, 1.82) is 0 Å². The molecule has 0 saturated heterocycles. The predicted molar refractivity (Wildman–Crippen MR) is 114 cm³/mol. The van der Waals surface area contributed by atoms with Crippen LogP contribution in [0.2, 0.25) is 0 Å². The van der Waals surface area contributed by atoms with E-state index in [4.69, 9.17) is 4.52 Å². The van der Waals surface area contributed by atoms with Crippen LogP contribution in [0.5, 0.6) is 0 Å². The summed E-state index contributed by atoms with van der Waals surface area (Å²) in [5, 5.41) is 10.9. The molecule has 0 radical (unpaired) electrons. The Kier molecular flexibility index (Phi) is 9.55. The topological polar surface area (TPSA) is 62.5 Å². The van der Waals surface area contributed by atoms with Gasteiger partial charge in [-0.15, -0.1) is 24.0 Å². The van der Waals surface area contributed by atoms with Crippen molar-refractivity contribution in [3.63, 3.8) is 0 Å². The SMILES string of the molecule is CCc1ccccc1CNC(=NC)NCc1c(CC)noc1CC.I. The molecule has 0 unspecified atom stereocenters. The van der Waals surface area contributed by atoms with Crippen molar-refractivity contribution in [1.82, 2.24) is 15.8 Å². The number of aromatic nitrogens is 1. The van der Waals surface area contributed by atoms with E-state index >= 15 is 0 Å². The molecule has 138 valence electrons. The summed E-state index contributed by atoms with van der Waals surface area (Å²) in [5.41, 5.74) is 4.83. The van der Waals surface area contributed by atoms with E-state index in [0.717, 1.165) is 48.8 Å². The summed E-state index contributed by atoms with van der Waals surface area (Å²) in [7, 11) is 1.79. The van der Waals surface area contributed by atoms with E-state index in [2.05, 4.69) is 65.8 Å². The number of halogens is 1. The van der Waals surface area contributed by atoms with Crippen molar-refractivity contribution in [3.8, 4) is 0 Å². The van der Waals surface area contributed by atoms with E-state index in [1.165, 1.54) is 11.1 Å². The van der Waals surface area contributed by atoms with Crippen LogP contribution < -0.4 is 10.6 Å². The summed E-state index contributed by atoms with van der Waals surface area (Å²) >= 11 is 0. The summed E-state index contributed by atoms with van der Waals surface area (Å²) in [6.45, 7) is 7.78. The molecular formula is C19H29IN4O. The van der Waals surface area contributed by atoms with Gasteiger partial charge in [-0.05, 0) is 24.0 Å². The molecule has 0 spiro atoms. The van der Waals surface area contributed by atoms with Gasteiger partial charge < -0.3 is 15.2 Å². The van der Waals surface area contributed by atoms with Crippen LogP contribution in [0, 0.1) is 0 Å². The Labute approximate surface area is 167 Å². The minimum Gasteiger partial charge on any atom is -0.361 e. The van der Waals surface area contributed by atoms with Crippen molar-refractivity contribution >= 4 is 29.9 Å². The number of aryl methyl sites for hydroxylation is 3. The van der Waals surface area contributed by atoms with Gasteiger partial charge in [0.15, 0.2) is 5.96 Å². The molecular weight excluding hydrogens is 427 g/mol. The number of nitrogens with zero attached hydrogens (tertiary/aromatic N) is 2. The fourth-order valence-corrected chi connectivity index (χ4v) is 2.78. The van der Waals surface area contributed by atoms with Gasteiger partial charge >= 0.3 is 0 Å². The van der Waals surface area contributed by atoms with Crippen LogP contribution in [-0.2, 0) is 32.4 Å². The number of benzene rings is 1. The second-order valence-corrected chi connectivity index (χ2v) is 5.64. The smallest absolute Gasteiger partial charge is 0.191 e. The molecule has 2 rings (SSSR count). The molecule has 0 bridgehead atoms. The van der Waals surface area contributed by atoms with Gasteiger partial charge in [-0.3, -0.25) is 4.99 Å². The standard InChI is InChI=1S/C19H28N4O.HI/c1-5-14-10-8-9-11-15(14)12-21-19(20-4)22-13-16-17(6-2)23-24-18(16)7-3;/h8-11H,5-7,12-13H2,1-4H3,(H2,20,21,22);1H. The Balaban J connectivity index is 0.00000312. The summed E-state index contributed by atoms with van der Waals surface area (Å²) in [6, 6.07) is 8.49. The predicted octanol–water partition coefficient (Wildman–Crippen LogP) is 3.85. The number of hydrogen-bond acceptors (Lipinski definition) is 3. The highest BCUT2D eigenvalue weighted by Gasteiger charge is 2.13. The molecule has 0 aliphatic carbocycles. The normalized spacial score (nSPS) is 11.1. The number of guanidine groups is 1. The van der Waals surface area contributed by atoms with Crippen LogP contribution in [0.25, 0.3) is 0 Å². The summed E-state index contributed by atoms with van der Waals surface area (Å²) < 4.78 is 5.41. The molecule has 0 atom stereocenters. The van der Waals surface area contributed by atoms with Gasteiger partial charge in [-0.25, -0.2) is 0 Å². The zero-order chi connectivity index (χ0) is 17.4. The Morgan fingerprint density at radius 2 is 1.68 bits per heavy atom. The third kappa shape index (κ3) is 5.73. The molecule has 0 aliphatic heterocycles. The van der Waals surface area contributed by atoms with E-state index in [-0.39, 0.29) is 24.0 Å². The molecule has 5 nitrogen and oxygen atoms in total. The van der Waals surface area contributed by atoms with Crippen LogP contribution >= 0.6 is 24.0 Å². The highest BCUT2D eigenvalue weighted by atomic mass is 127. The molecule has 2 aromatic rings. The largest absolute Gasteiger partial charge is 0.361 e. The van der Waals surface area contributed by atoms with Crippen LogP contribution in [0.1, 0.15) is 48.9 Å². The fraction of sp³-hybridized carbons (Fsp3) is 0.474. The molecule has 1 aromatic heterocycles. The van der Waals surface area contributed by atoms with E-state index in [9.17, 15) is 0 Å². The van der Waals surface area contributed by atoms with Crippen molar-refractivity contribution < 1.29 is 4.52 Å². The number of rotatable bonds is 7. The first-order valence-corrected chi connectivity index (χ1v) is 8.70. The van der Waals surface area contributed by atoms with Gasteiger partial charge in [0.2, 0.25) is 0 Å². The first-order valence-electron chi connectivity index (χ1n) is 8.70. The molecule has 1 heterocycles. The highest BCUT2D eigenvalue weighted by molar-refractivity contribution is 14.0. The second-order valence-electron chi connectivity index (χ2n) is 5.64. The summed E-state index contributed by atoms with van der Waals surface area (Å²) in [4.78, 5) is 4.31. The molecule has 25 heavy (non-hydrogen) atoms. The molecule has 0 aliphatic rings. The van der Waals surface area contributed by atoms with Crippen LogP contribution in [0.15, 0.2) is 33.8 Å². The zero-order valence-corrected chi connectivity index (χ0v) is 17.9. The first-order chi connectivity index (χ1) is 11.7. The lowest BCUT2D eigenvalue weighted by Crippen LogP contribution is -2.36. The minimum absolute atomic E-state index is 0. The quantitative estimate of drug-likeness (QED) is 0.378. The maximum absolute atomic E-state index is 5.41. The first kappa shape index (κ1) is 21.5. The lowest BCUT2D eigenvalue weighted by Gasteiger charge is -2.14. The van der Waals surface area contributed by atoms with Crippen molar-refractivity contribution in [2.75, 3.05) is 7.05 Å². The number of nitrogens with one attached hydrogen (secondary N) is 2. The monoisotopic (exact) mass is 456 g/mol. The van der Waals surface area contributed by atoms with Crippen molar-refractivity contribution in [2.24, 2.45) is 4.99 Å². The molecule has 0 fully saturated rings. The highest BCUT2D eigenvalue weighted by Crippen LogP contribution is 2.15. The van der Waals surface area contributed by atoms with Gasteiger partial charge in [0.05, 0.1) is 5.69 Å². The molecule has 2 N–H and O–H groups in total. The molecule has 1 aromatic carbocycles. The van der Waals surface area contributed by atoms with E-state index in [0.29, 0.717) is 6.54 Å². The molecule has 0 saturated carbocycles. The summed E-state index contributed by atoms with van der Waals surface area (Å²) in [6.07, 6.45) is 2.75. The van der Waals surface area contributed by atoms with Crippen LogP contribution in [0.3, 0.4) is 0 Å². The minimum atomic E-state index is 0. The third-order valence-corrected chi connectivity index (χ3v) is 4.21. The molecule has 0 amide bonds. The van der Waals surface area contributed by atoms with Gasteiger partial charge in [0, 0.05) is 32.1 Å². The van der Waals surface area contributed by atoms with Gasteiger partial charge in [0.1, 0.15) is 5.76 Å². The Morgan fingerprint density at radius 1 is 1.00 bits per heavy atom. The van der Waals surface area contributed by atoms with Gasteiger partial charge in [-0.1, -0.05) is 50.2 Å². The van der Waals surface area contributed by atoms with Crippen LogP contribution in [0.4, 0.5) is 0 Å². The zero-order valence-electron chi connectivity index (χ0n) is 15.6. The average Bonchev–Trinajstić information content (AvgIpc) is 3.04. The van der Waals surface area contributed by atoms with E-state index < -0.39 is 0 Å². The third-order valence-electron chi connectivity index (χ3n) is 4.21. The van der Waals surface area contributed by atoms with Crippen LogP contribution in [-0.4, -0.2) is 18.2 Å². The second kappa shape index (κ2) is 11.1. The van der Waals surface area contributed by atoms with E-state index in [1.807, 2.05) is 0 Å². The summed E-state index contributed by atoms with van der Waals surface area (Å²) in [5.74, 6) is 1.73. The maximum atomic E-state index is 5.41. The van der Waals surface area contributed by atoms with Crippen molar-refractivity contribution in [2.45, 2.75) is 53.1 Å². The fourth-order valence-electron chi connectivity index (χ4n) is 2.78. The average molecular weight is 456 g/mol. The lowest BCUT2D eigenvalue weighted by molar-refractivity contribution is 0.380. The number of hydrogen-bond donors (Lipinski definition) is 2. The molecule has 6 heteroatoms. The number of aliphatic imine (C=N–C) groups is 1. The Bertz CT molecular complexity index is 660. The van der Waals surface area contributed by atoms with E-state index in [1.54, 1.807) is 7.05 Å². The van der Waals surface area contributed by atoms with Gasteiger partial charge in [-0.2, -0.15) is 0 Å². The van der Waals surface area contributed by atoms with Crippen molar-refractivity contribution in [3.05, 3.63) is 52.4 Å². The lowest BCUT2D eigenvalue weighted by atomic mass is 10.1. The Hall–Kier alpha value is -1.57. The Morgan fingerprint density at radius 3 is 2.28 bits per heavy atom. The maximum Gasteiger partial charge on any atom is 0.191 e. The van der Waals surface area contributed by atoms with Gasteiger partial charge in [0.25, 0.3) is 0 Å².